The predicted octanol–water partition coefficient (Wildman–Crippen LogP) is 2.33. The number of rotatable bonds is 10. The summed E-state index contributed by atoms with van der Waals surface area (Å²) in [5, 5.41) is 23.5. The molecule has 0 spiro atoms. The van der Waals surface area contributed by atoms with Crippen LogP contribution in [0, 0.1) is 11.8 Å². The summed E-state index contributed by atoms with van der Waals surface area (Å²) >= 11 is 0. The summed E-state index contributed by atoms with van der Waals surface area (Å²) < 4.78 is 5.48. The molecule has 126 valence electrons. The van der Waals surface area contributed by atoms with Crippen LogP contribution in [-0.2, 0) is 4.74 Å². The van der Waals surface area contributed by atoms with Gasteiger partial charge >= 0.3 is 0 Å². The van der Waals surface area contributed by atoms with E-state index in [2.05, 4.69) is 26.1 Å². The highest BCUT2D eigenvalue weighted by molar-refractivity contribution is 4.87. The van der Waals surface area contributed by atoms with Crippen LogP contribution in [0.4, 0.5) is 0 Å². The fourth-order valence-corrected chi connectivity index (χ4v) is 3.14. The highest BCUT2D eigenvalue weighted by atomic mass is 16.5. The van der Waals surface area contributed by atoms with Crippen molar-refractivity contribution in [2.75, 3.05) is 26.3 Å². The summed E-state index contributed by atoms with van der Waals surface area (Å²) in [6.07, 6.45) is 5.77. The molecule has 21 heavy (non-hydrogen) atoms. The molecule has 0 amide bonds. The van der Waals surface area contributed by atoms with E-state index in [-0.39, 0.29) is 0 Å². The summed E-state index contributed by atoms with van der Waals surface area (Å²) in [5.41, 5.74) is -0.588. The maximum Gasteiger partial charge on any atom is 0.0897 e. The molecule has 3 N–H and O–H groups in total. The number of hydrogen-bond donors (Lipinski definition) is 3. The molecule has 0 bridgehead atoms. The van der Waals surface area contributed by atoms with Crippen LogP contribution in [0.5, 0.6) is 0 Å². The quantitative estimate of drug-likeness (QED) is 0.542. The Labute approximate surface area is 130 Å². The highest BCUT2D eigenvalue weighted by Crippen LogP contribution is 2.31. The lowest BCUT2D eigenvalue weighted by Gasteiger charge is -2.36. The highest BCUT2D eigenvalue weighted by Gasteiger charge is 2.32. The maximum atomic E-state index is 10.5. The Balaban J connectivity index is 2.03. The van der Waals surface area contributed by atoms with Gasteiger partial charge in [-0.25, -0.2) is 0 Å². The second kappa shape index (κ2) is 9.78. The fraction of sp³-hybridized carbons (Fsp3) is 1.00. The Morgan fingerprint density at radius 2 is 2.14 bits per heavy atom. The molecule has 0 aromatic carbocycles. The van der Waals surface area contributed by atoms with E-state index in [1.165, 1.54) is 12.8 Å². The van der Waals surface area contributed by atoms with E-state index in [4.69, 9.17) is 4.74 Å². The molecule has 4 heteroatoms. The third kappa shape index (κ3) is 8.77. The minimum atomic E-state index is -0.588. The van der Waals surface area contributed by atoms with E-state index >= 15 is 0 Å². The Hall–Kier alpha value is -0.160. The van der Waals surface area contributed by atoms with Crippen molar-refractivity contribution in [2.24, 2.45) is 11.8 Å². The molecule has 3 atom stereocenters. The zero-order valence-corrected chi connectivity index (χ0v) is 14.1. The second-order valence-corrected chi connectivity index (χ2v) is 7.32. The summed E-state index contributed by atoms with van der Waals surface area (Å²) in [7, 11) is 0. The van der Waals surface area contributed by atoms with Crippen molar-refractivity contribution in [1.29, 1.82) is 0 Å². The van der Waals surface area contributed by atoms with Crippen LogP contribution < -0.4 is 5.32 Å². The van der Waals surface area contributed by atoms with E-state index in [0.717, 1.165) is 32.3 Å². The third-order valence-corrected chi connectivity index (χ3v) is 4.28. The van der Waals surface area contributed by atoms with Crippen LogP contribution in [0.1, 0.15) is 59.3 Å². The first-order valence-corrected chi connectivity index (χ1v) is 8.60. The molecule has 0 aliphatic heterocycles. The molecule has 0 saturated heterocycles. The number of aliphatic hydroxyl groups excluding tert-OH is 1. The van der Waals surface area contributed by atoms with Crippen LogP contribution in [0.25, 0.3) is 0 Å². The van der Waals surface area contributed by atoms with Crippen LogP contribution in [0.2, 0.25) is 0 Å². The number of aliphatic hydroxyl groups is 2. The maximum absolute atomic E-state index is 10.5. The normalized spacial score (nSPS) is 28.0. The molecule has 3 unspecified atom stereocenters. The van der Waals surface area contributed by atoms with Gasteiger partial charge in [-0.2, -0.15) is 0 Å². The van der Waals surface area contributed by atoms with Gasteiger partial charge < -0.3 is 20.3 Å². The van der Waals surface area contributed by atoms with Crippen LogP contribution in [0.15, 0.2) is 0 Å². The van der Waals surface area contributed by atoms with Gasteiger partial charge in [-0.05, 0) is 37.5 Å². The van der Waals surface area contributed by atoms with Crippen LogP contribution >= 0.6 is 0 Å². The van der Waals surface area contributed by atoms with Gasteiger partial charge in [0.2, 0.25) is 0 Å². The van der Waals surface area contributed by atoms with E-state index < -0.39 is 11.7 Å². The average molecular weight is 301 g/mol. The van der Waals surface area contributed by atoms with E-state index in [0.29, 0.717) is 31.5 Å². The summed E-state index contributed by atoms with van der Waals surface area (Å²) in [4.78, 5) is 0. The number of nitrogens with one attached hydrogen (secondary N) is 1. The lowest BCUT2D eigenvalue weighted by atomic mass is 9.79. The van der Waals surface area contributed by atoms with Gasteiger partial charge in [0.1, 0.15) is 0 Å². The predicted molar refractivity (Wildman–Crippen MR) is 86.3 cm³/mol. The minimum absolute atomic E-state index is 0.375. The Kier molecular flexibility index (Phi) is 8.79. The standard InChI is InChI=1S/C17H35NO3/c1-14(2)6-5-9-21-12-16(19)11-18-13-17(20)8-4-7-15(3)10-17/h14-16,18-20H,4-13H2,1-3H3. The van der Waals surface area contributed by atoms with Gasteiger partial charge in [0.25, 0.3) is 0 Å². The summed E-state index contributed by atoms with van der Waals surface area (Å²) in [6.45, 7) is 8.76. The first kappa shape index (κ1) is 18.9. The monoisotopic (exact) mass is 301 g/mol. The topological polar surface area (TPSA) is 61.7 Å². The van der Waals surface area contributed by atoms with Crippen LogP contribution in [0.3, 0.4) is 0 Å². The lowest BCUT2D eigenvalue weighted by molar-refractivity contribution is -0.0168. The zero-order chi connectivity index (χ0) is 15.7. The van der Waals surface area contributed by atoms with Crippen molar-refractivity contribution in [3.05, 3.63) is 0 Å². The third-order valence-electron chi connectivity index (χ3n) is 4.28. The van der Waals surface area contributed by atoms with Gasteiger partial charge in [0.05, 0.1) is 18.3 Å². The molecule has 1 aliphatic carbocycles. The zero-order valence-electron chi connectivity index (χ0n) is 14.1. The molecular formula is C17H35NO3. The Morgan fingerprint density at radius 3 is 2.81 bits per heavy atom. The molecule has 0 radical (unpaired) electrons. The molecule has 0 aromatic rings. The van der Waals surface area contributed by atoms with E-state index in [1.54, 1.807) is 0 Å². The average Bonchev–Trinajstić information content (AvgIpc) is 2.37. The van der Waals surface area contributed by atoms with Crippen molar-refractivity contribution in [3.63, 3.8) is 0 Å². The van der Waals surface area contributed by atoms with Crippen LogP contribution in [-0.4, -0.2) is 48.2 Å². The Morgan fingerprint density at radius 1 is 1.38 bits per heavy atom. The number of ether oxygens (including phenoxy) is 1. The van der Waals surface area contributed by atoms with Gasteiger partial charge in [0.15, 0.2) is 0 Å². The fourth-order valence-electron chi connectivity index (χ4n) is 3.14. The van der Waals surface area contributed by atoms with Crippen molar-refractivity contribution in [2.45, 2.75) is 71.0 Å². The molecule has 4 nitrogen and oxygen atoms in total. The lowest BCUT2D eigenvalue weighted by Crippen LogP contribution is -2.46. The van der Waals surface area contributed by atoms with Crippen molar-refractivity contribution >= 4 is 0 Å². The van der Waals surface area contributed by atoms with Crippen molar-refractivity contribution < 1.29 is 14.9 Å². The smallest absolute Gasteiger partial charge is 0.0897 e. The van der Waals surface area contributed by atoms with Gasteiger partial charge in [-0.3, -0.25) is 0 Å². The molecule has 1 rings (SSSR count). The molecule has 0 aromatic heterocycles. The Bertz CT molecular complexity index is 273. The summed E-state index contributed by atoms with van der Waals surface area (Å²) in [6, 6.07) is 0. The summed E-state index contributed by atoms with van der Waals surface area (Å²) in [5.74, 6) is 1.30. The molecule has 1 aliphatic rings. The van der Waals surface area contributed by atoms with Gasteiger partial charge in [-0.1, -0.05) is 33.6 Å². The van der Waals surface area contributed by atoms with E-state index in [9.17, 15) is 10.2 Å². The molecule has 1 saturated carbocycles. The number of hydrogen-bond acceptors (Lipinski definition) is 4. The van der Waals surface area contributed by atoms with Gasteiger partial charge in [0, 0.05) is 19.7 Å². The molecular weight excluding hydrogens is 266 g/mol. The second-order valence-electron chi connectivity index (χ2n) is 7.32. The SMILES string of the molecule is CC(C)CCCOCC(O)CNCC1(O)CCCC(C)C1. The molecule has 1 fully saturated rings. The first-order chi connectivity index (χ1) is 9.91. The molecule has 0 heterocycles. The minimum Gasteiger partial charge on any atom is -0.389 e. The largest absolute Gasteiger partial charge is 0.389 e. The van der Waals surface area contributed by atoms with E-state index in [1.807, 2.05) is 0 Å². The van der Waals surface area contributed by atoms with Crippen molar-refractivity contribution in [3.8, 4) is 0 Å². The first-order valence-electron chi connectivity index (χ1n) is 8.60. The van der Waals surface area contributed by atoms with Gasteiger partial charge in [-0.15, -0.1) is 0 Å². The van der Waals surface area contributed by atoms with Crippen molar-refractivity contribution in [1.82, 2.24) is 5.32 Å².